The first-order valence-corrected chi connectivity index (χ1v) is 6.74. The molecule has 0 aromatic heterocycles. The third kappa shape index (κ3) is 1.90. The number of aryl methyl sites for hydroxylation is 2. The lowest BCUT2D eigenvalue weighted by molar-refractivity contribution is -0.167. The van der Waals surface area contributed by atoms with Crippen molar-refractivity contribution in [1.29, 1.82) is 0 Å². The van der Waals surface area contributed by atoms with Gasteiger partial charge in [0.2, 0.25) is 0 Å². The number of benzene rings is 1. The molecule has 2 heteroatoms. The number of hydrogen-bond acceptors (Lipinski definition) is 2. The molecule has 92 valence electrons. The first-order chi connectivity index (χ1) is 8.34. The molecule has 1 aromatic carbocycles. The second kappa shape index (κ2) is 4.43. The SMILES string of the molecule is CCC1(c2ccc3c(c2)CCCC3)OCCO1. The second-order valence-electron chi connectivity index (χ2n) is 4.99. The Morgan fingerprint density at radius 1 is 1.06 bits per heavy atom. The zero-order valence-corrected chi connectivity index (χ0v) is 10.5. The number of hydrogen-bond donors (Lipinski definition) is 0. The summed E-state index contributed by atoms with van der Waals surface area (Å²) in [5.74, 6) is -0.466. The Morgan fingerprint density at radius 2 is 1.76 bits per heavy atom. The van der Waals surface area contributed by atoms with E-state index in [0.717, 1.165) is 6.42 Å². The van der Waals surface area contributed by atoms with Gasteiger partial charge in [-0.15, -0.1) is 0 Å². The fourth-order valence-electron chi connectivity index (χ4n) is 3.00. The monoisotopic (exact) mass is 232 g/mol. The van der Waals surface area contributed by atoms with Crippen molar-refractivity contribution in [2.75, 3.05) is 13.2 Å². The van der Waals surface area contributed by atoms with Crippen LogP contribution in [0.3, 0.4) is 0 Å². The molecule has 1 aliphatic heterocycles. The average Bonchev–Trinajstić information content (AvgIpc) is 2.88. The van der Waals surface area contributed by atoms with E-state index < -0.39 is 5.79 Å². The molecule has 0 bridgehead atoms. The molecule has 0 N–H and O–H groups in total. The molecule has 0 saturated carbocycles. The van der Waals surface area contributed by atoms with Crippen molar-refractivity contribution >= 4 is 0 Å². The van der Waals surface area contributed by atoms with E-state index in [1.807, 2.05) is 0 Å². The third-order valence-electron chi connectivity index (χ3n) is 4.01. The summed E-state index contributed by atoms with van der Waals surface area (Å²) in [5.41, 5.74) is 4.23. The van der Waals surface area contributed by atoms with Gasteiger partial charge in [0.05, 0.1) is 13.2 Å². The smallest absolute Gasteiger partial charge is 0.194 e. The molecular weight excluding hydrogens is 212 g/mol. The molecule has 3 rings (SSSR count). The molecule has 1 aliphatic carbocycles. The molecule has 17 heavy (non-hydrogen) atoms. The molecule has 1 saturated heterocycles. The van der Waals surface area contributed by atoms with Crippen LogP contribution in [0.25, 0.3) is 0 Å². The molecule has 0 spiro atoms. The highest BCUT2D eigenvalue weighted by atomic mass is 16.7. The Hall–Kier alpha value is -0.860. The topological polar surface area (TPSA) is 18.5 Å². The Kier molecular flexibility index (Phi) is 2.93. The van der Waals surface area contributed by atoms with E-state index in [4.69, 9.17) is 9.47 Å². The van der Waals surface area contributed by atoms with Crippen molar-refractivity contribution < 1.29 is 9.47 Å². The maximum atomic E-state index is 5.84. The summed E-state index contributed by atoms with van der Waals surface area (Å²) in [6, 6.07) is 6.77. The van der Waals surface area contributed by atoms with Gasteiger partial charge in [-0.25, -0.2) is 0 Å². The summed E-state index contributed by atoms with van der Waals surface area (Å²) in [6.45, 7) is 3.56. The molecule has 0 radical (unpaired) electrons. The van der Waals surface area contributed by atoms with Gasteiger partial charge in [0.1, 0.15) is 0 Å². The van der Waals surface area contributed by atoms with E-state index in [1.54, 1.807) is 0 Å². The van der Waals surface area contributed by atoms with Crippen molar-refractivity contribution in [2.45, 2.75) is 44.8 Å². The number of rotatable bonds is 2. The lowest BCUT2D eigenvalue weighted by Gasteiger charge is -2.28. The summed E-state index contributed by atoms with van der Waals surface area (Å²) < 4.78 is 11.7. The van der Waals surface area contributed by atoms with Crippen LogP contribution in [-0.2, 0) is 28.1 Å². The van der Waals surface area contributed by atoms with Gasteiger partial charge in [-0.05, 0) is 36.8 Å². The zero-order chi connectivity index (χ0) is 11.7. The molecule has 0 atom stereocenters. The molecule has 0 amide bonds. The quantitative estimate of drug-likeness (QED) is 0.779. The zero-order valence-electron chi connectivity index (χ0n) is 10.5. The lowest BCUT2D eigenvalue weighted by atomic mass is 9.88. The lowest BCUT2D eigenvalue weighted by Crippen LogP contribution is -2.26. The Labute approximate surface area is 103 Å². The molecule has 1 fully saturated rings. The highest BCUT2D eigenvalue weighted by Gasteiger charge is 2.37. The summed E-state index contributed by atoms with van der Waals surface area (Å²) in [6.07, 6.45) is 5.97. The normalized spacial score (nSPS) is 22.4. The van der Waals surface area contributed by atoms with Crippen LogP contribution in [0.4, 0.5) is 0 Å². The predicted molar refractivity (Wildman–Crippen MR) is 67.0 cm³/mol. The van der Waals surface area contributed by atoms with Crippen LogP contribution < -0.4 is 0 Å². The van der Waals surface area contributed by atoms with Crippen molar-refractivity contribution in [3.05, 3.63) is 34.9 Å². The minimum Gasteiger partial charge on any atom is -0.343 e. The number of fused-ring (bicyclic) bond motifs is 1. The van der Waals surface area contributed by atoms with Crippen molar-refractivity contribution in [3.63, 3.8) is 0 Å². The van der Waals surface area contributed by atoms with Gasteiger partial charge in [-0.3, -0.25) is 0 Å². The van der Waals surface area contributed by atoms with Crippen LogP contribution in [-0.4, -0.2) is 13.2 Å². The van der Waals surface area contributed by atoms with E-state index in [9.17, 15) is 0 Å². The molecule has 2 nitrogen and oxygen atoms in total. The van der Waals surface area contributed by atoms with E-state index >= 15 is 0 Å². The molecule has 0 unspecified atom stereocenters. The van der Waals surface area contributed by atoms with Gasteiger partial charge < -0.3 is 9.47 Å². The van der Waals surface area contributed by atoms with E-state index in [2.05, 4.69) is 25.1 Å². The van der Waals surface area contributed by atoms with E-state index in [0.29, 0.717) is 13.2 Å². The first kappa shape index (κ1) is 11.2. The summed E-state index contributed by atoms with van der Waals surface area (Å²) in [4.78, 5) is 0. The van der Waals surface area contributed by atoms with Gasteiger partial charge >= 0.3 is 0 Å². The highest BCUT2D eigenvalue weighted by Crippen LogP contribution is 2.36. The van der Waals surface area contributed by atoms with Crippen LogP contribution in [0.2, 0.25) is 0 Å². The fourth-order valence-corrected chi connectivity index (χ4v) is 3.00. The molecular formula is C15H20O2. The van der Waals surface area contributed by atoms with Gasteiger partial charge in [0.25, 0.3) is 0 Å². The second-order valence-corrected chi connectivity index (χ2v) is 4.99. The maximum absolute atomic E-state index is 5.84. The Balaban J connectivity index is 1.97. The number of ether oxygens (including phenoxy) is 2. The summed E-state index contributed by atoms with van der Waals surface area (Å²) >= 11 is 0. The van der Waals surface area contributed by atoms with E-state index in [-0.39, 0.29) is 0 Å². The standard InChI is InChI=1S/C15H20O2/c1-2-15(16-9-10-17-15)14-8-7-12-5-3-4-6-13(12)11-14/h7-8,11H,2-6,9-10H2,1H3. The van der Waals surface area contributed by atoms with Crippen LogP contribution in [0.5, 0.6) is 0 Å². The molecule has 1 aromatic rings. The maximum Gasteiger partial charge on any atom is 0.194 e. The van der Waals surface area contributed by atoms with Gasteiger partial charge in [0.15, 0.2) is 5.79 Å². The van der Waals surface area contributed by atoms with Crippen LogP contribution in [0.1, 0.15) is 42.9 Å². The summed E-state index contributed by atoms with van der Waals surface area (Å²) in [7, 11) is 0. The predicted octanol–water partition coefficient (Wildman–Crippen LogP) is 3.18. The van der Waals surface area contributed by atoms with Crippen LogP contribution in [0.15, 0.2) is 18.2 Å². The van der Waals surface area contributed by atoms with Gasteiger partial charge in [-0.2, -0.15) is 0 Å². The third-order valence-corrected chi connectivity index (χ3v) is 4.01. The van der Waals surface area contributed by atoms with E-state index in [1.165, 1.54) is 42.4 Å². The van der Waals surface area contributed by atoms with Crippen molar-refractivity contribution in [3.8, 4) is 0 Å². The molecule has 1 heterocycles. The summed E-state index contributed by atoms with van der Waals surface area (Å²) in [5, 5.41) is 0. The Morgan fingerprint density at radius 3 is 2.47 bits per heavy atom. The van der Waals surface area contributed by atoms with Crippen molar-refractivity contribution in [2.24, 2.45) is 0 Å². The first-order valence-electron chi connectivity index (χ1n) is 6.74. The minimum atomic E-state index is -0.466. The van der Waals surface area contributed by atoms with Gasteiger partial charge in [-0.1, -0.05) is 25.1 Å². The van der Waals surface area contributed by atoms with Gasteiger partial charge in [0, 0.05) is 12.0 Å². The highest BCUT2D eigenvalue weighted by molar-refractivity contribution is 5.36. The van der Waals surface area contributed by atoms with Crippen LogP contribution in [0, 0.1) is 0 Å². The Bertz CT molecular complexity index is 405. The van der Waals surface area contributed by atoms with Crippen molar-refractivity contribution in [1.82, 2.24) is 0 Å². The minimum absolute atomic E-state index is 0.466. The average molecular weight is 232 g/mol. The van der Waals surface area contributed by atoms with Crippen LogP contribution >= 0.6 is 0 Å². The molecule has 2 aliphatic rings. The fraction of sp³-hybridized carbons (Fsp3) is 0.600. The largest absolute Gasteiger partial charge is 0.343 e.